The van der Waals surface area contributed by atoms with Crippen LogP contribution in [0.4, 0.5) is 0 Å². The average molecular weight is 302 g/mol. The molecule has 6 nitrogen and oxygen atoms in total. The van der Waals surface area contributed by atoms with Crippen molar-refractivity contribution in [3.05, 3.63) is 35.0 Å². The molecule has 0 saturated carbocycles. The number of aryl methyl sites for hydroxylation is 3. The van der Waals surface area contributed by atoms with Gasteiger partial charge >= 0.3 is 0 Å². The minimum absolute atomic E-state index is 0.129. The summed E-state index contributed by atoms with van der Waals surface area (Å²) in [6.07, 6.45) is 5.87. The minimum Gasteiger partial charge on any atom is -0.361 e. The molecule has 0 bridgehead atoms. The van der Waals surface area contributed by atoms with Crippen molar-refractivity contribution in [1.29, 1.82) is 0 Å². The van der Waals surface area contributed by atoms with Gasteiger partial charge in [0.15, 0.2) is 0 Å². The van der Waals surface area contributed by atoms with Crippen LogP contribution in [0.3, 0.4) is 0 Å². The molecule has 118 valence electrons. The quantitative estimate of drug-likeness (QED) is 0.874. The lowest BCUT2D eigenvalue weighted by Crippen LogP contribution is -2.34. The third-order valence-electron chi connectivity index (χ3n) is 4.54. The summed E-state index contributed by atoms with van der Waals surface area (Å²) in [6, 6.07) is 0.129. The van der Waals surface area contributed by atoms with E-state index in [4.69, 9.17) is 4.52 Å². The first-order chi connectivity index (χ1) is 10.5. The molecule has 0 radical (unpaired) electrons. The van der Waals surface area contributed by atoms with E-state index in [0.717, 1.165) is 42.0 Å². The minimum atomic E-state index is -0.233. The molecule has 1 saturated heterocycles. The van der Waals surface area contributed by atoms with Crippen LogP contribution in [-0.4, -0.2) is 32.3 Å². The summed E-state index contributed by atoms with van der Waals surface area (Å²) in [5.74, 6) is 0.639. The zero-order valence-corrected chi connectivity index (χ0v) is 13.5. The van der Waals surface area contributed by atoms with Gasteiger partial charge in [0.2, 0.25) is 5.91 Å². The third kappa shape index (κ3) is 2.42. The molecule has 0 spiro atoms. The molecular weight excluding hydrogens is 280 g/mol. The van der Waals surface area contributed by atoms with Gasteiger partial charge in [-0.1, -0.05) is 5.16 Å². The summed E-state index contributed by atoms with van der Waals surface area (Å²) in [5.41, 5.74) is 2.83. The van der Waals surface area contributed by atoms with Gasteiger partial charge in [0.25, 0.3) is 0 Å². The SMILES string of the molecule is Cc1noc(C)c1[C@H](C)C(=O)N1CCC[C@@H]1c1cnn(C)c1. The lowest BCUT2D eigenvalue weighted by molar-refractivity contribution is -0.133. The Morgan fingerprint density at radius 2 is 2.23 bits per heavy atom. The lowest BCUT2D eigenvalue weighted by Gasteiger charge is -2.27. The van der Waals surface area contributed by atoms with Gasteiger partial charge in [-0.25, -0.2) is 0 Å². The highest BCUT2D eigenvalue weighted by Gasteiger charge is 2.35. The maximum absolute atomic E-state index is 13.0. The van der Waals surface area contributed by atoms with Gasteiger partial charge in [-0.15, -0.1) is 0 Å². The molecule has 0 N–H and O–H groups in total. The van der Waals surface area contributed by atoms with Crippen LogP contribution in [0.5, 0.6) is 0 Å². The molecule has 2 atom stereocenters. The number of rotatable bonds is 3. The zero-order chi connectivity index (χ0) is 15.9. The number of hydrogen-bond donors (Lipinski definition) is 0. The summed E-state index contributed by atoms with van der Waals surface area (Å²) in [5, 5.41) is 8.20. The first-order valence-corrected chi connectivity index (χ1v) is 7.71. The summed E-state index contributed by atoms with van der Waals surface area (Å²) in [6.45, 7) is 6.49. The van der Waals surface area contributed by atoms with Crippen LogP contribution in [-0.2, 0) is 11.8 Å². The Morgan fingerprint density at radius 1 is 1.45 bits per heavy atom. The van der Waals surface area contributed by atoms with Gasteiger partial charge in [-0.3, -0.25) is 9.48 Å². The number of hydrogen-bond acceptors (Lipinski definition) is 4. The van der Waals surface area contributed by atoms with Crippen LogP contribution >= 0.6 is 0 Å². The molecule has 3 heterocycles. The van der Waals surface area contributed by atoms with Crippen molar-refractivity contribution in [3.63, 3.8) is 0 Å². The van der Waals surface area contributed by atoms with E-state index in [2.05, 4.69) is 10.3 Å². The molecule has 1 aliphatic heterocycles. The highest BCUT2D eigenvalue weighted by Crippen LogP contribution is 2.35. The summed E-state index contributed by atoms with van der Waals surface area (Å²) in [7, 11) is 1.90. The average Bonchev–Trinajstić information content (AvgIpc) is 3.18. The van der Waals surface area contributed by atoms with E-state index in [1.54, 1.807) is 4.68 Å². The van der Waals surface area contributed by atoms with E-state index in [0.29, 0.717) is 0 Å². The molecule has 2 aromatic rings. The van der Waals surface area contributed by atoms with Crippen LogP contribution < -0.4 is 0 Å². The van der Waals surface area contributed by atoms with Crippen LogP contribution in [0.25, 0.3) is 0 Å². The number of carbonyl (C=O) groups excluding carboxylic acids is 1. The first kappa shape index (κ1) is 14.8. The molecule has 2 aromatic heterocycles. The van der Waals surface area contributed by atoms with Gasteiger partial charge in [0.05, 0.1) is 23.9 Å². The van der Waals surface area contributed by atoms with Crippen molar-refractivity contribution in [2.75, 3.05) is 6.54 Å². The normalized spacial score (nSPS) is 19.6. The Hall–Kier alpha value is -2.11. The van der Waals surface area contributed by atoms with Crippen molar-refractivity contribution in [3.8, 4) is 0 Å². The largest absolute Gasteiger partial charge is 0.361 e. The highest BCUT2D eigenvalue weighted by molar-refractivity contribution is 5.84. The Labute approximate surface area is 130 Å². The molecule has 1 aliphatic rings. The molecule has 1 amide bonds. The predicted molar refractivity (Wildman–Crippen MR) is 81.3 cm³/mol. The number of carbonyl (C=O) groups is 1. The standard InChI is InChI=1S/C16H22N4O2/c1-10(15-11(2)18-22-12(15)3)16(21)20-7-5-6-14(20)13-8-17-19(4)9-13/h8-10,14H,5-7H2,1-4H3/t10-,14+/m0/s1. The monoisotopic (exact) mass is 302 g/mol. The fourth-order valence-corrected chi connectivity index (χ4v) is 3.47. The molecule has 6 heteroatoms. The van der Waals surface area contributed by atoms with Gasteiger partial charge in [0, 0.05) is 30.9 Å². The number of amides is 1. The summed E-state index contributed by atoms with van der Waals surface area (Å²) >= 11 is 0. The maximum Gasteiger partial charge on any atom is 0.230 e. The van der Waals surface area contributed by atoms with E-state index < -0.39 is 0 Å². The Kier molecular flexibility index (Phi) is 3.76. The summed E-state index contributed by atoms with van der Waals surface area (Å²) < 4.78 is 7.00. The van der Waals surface area contributed by atoms with E-state index >= 15 is 0 Å². The second-order valence-corrected chi connectivity index (χ2v) is 6.10. The van der Waals surface area contributed by atoms with Crippen LogP contribution in [0.1, 0.15) is 54.3 Å². The fourth-order valence-electron chi connectivity index (χ4n) is 3.47. The van der Waals surface area contributed by atoms with E-state index in [1.807, 2.05) is 45.1 Å². The number of likely N-dealkylation sites (tertiary alicyclic amines) is 1. The highest BCUT2D eigenvalue weighted by atomic mass is 16.5. The van der Waals surface area contributed by atoms with Crippen molar-refractivity contribution < 1.29 is 9.32 Å². The van der Waals surface area contributed by atoms with Crippen LogP contribution in [0.2, 0.25) is 0 Å². The molecular formula is C16H22N4O2. The van der Waals surface area contributed by atoms with Gasteiger partial charge in [0.1, 0.15) is 5.76 Å². The van der Waals surface area contributed by atoms with E-state index in [-0.39, 0.29) is 17.9 Å². The molecule has 0 unspecified atom stereocenters. The van der Waals surface area contributed by atoms with Gasteiger partial charge in [-0.05, 0) is 33.6 Å². The number of aromatic nitrogens is 3. The van der Waals surface area contributed by atoms with Crippen molar-refractivity contribution in [1.82, 2.24) is 19.8 Å². The predicted octanol–water partition coefficient (Wildman–Crippen LogP) is 2.49. The molecule has 0 aliphatic carbocycles. The van der Waals surface area contributed by atoms with Crippen LogP contribution in [0.15, 0.2) is 16.9 Å². The van der Waals surface area contributed by atoms with Gasteiger partial charge in [-0.2, -0.15) is 5.10 Å². The lowest BCUT2D eigenvalue weighted by atomic mass is 9.97. The molecule has 22 heavy (non-hydrogen) atoms. The van der Waals surface area contributed by atoms with E-state index in [1.165, 1.54) is 0 Å². The van der Waals surface area contributed by atoms with Crippen molar-refractivity contribution in [2.45, 2.75) is 45.6 Å². The maximum atomic E-state index is 13.0. The van der Waals surface area contributed by atoms with Gasteiger partial charge < -0.3 is 9.42 Å². The van der Waals surface area contributed by atoms with Crippen molar-refractivity contribution in [2.24, 2.45) is 7.05 Å². The second kappa shape index (κ2) is 5.59. The molecule has 0 aromatic carbocycles. The Balaban J connectivity index is 1.84. The van der Waals surface area contributed by atoms with Crippen LogP contribution in [0, 0.1) is 13.8 Å². The smallest absolute Gasteiger partial charge is 0.230 e. The van der Waals surface area contributed by atoms with Crippen molar-refractivity contribution >= 4 is 5.91 Å². The molecule has 3 rings (SSSR count). The summed E-state index contributed by atoms with van der Waals surface area (Å²) in [4.78, 5) is 14.9. The number of nitrogens with zero attached hydrogens (tertiary/aromatic N) is 4. The Morgan fingerprint density at radius 3 is 2.82 bits per heavy atom. The topological polar surface area (TPSA) is 64.2 Å². The Bertz CT molecular complexity index is 669. The van der Waals surface area contributed by atoms with E-state index in [9.17, 15) is 4.79 Å². The fraction of sp³-hybridized carbons (Fsp3) is 0.562. The second-order valence-electron chi connectivity index (χ2n) is 6.10. The zero-order valence-electron chi connectivity index (χ0n) is 13.5. The molecule has 1 fully saturated rings. The third-order valence-corrected chi connectivity index (χ3v) is 4.54. The first-order valence-electron chi connectivity index (χ1n) is 7.71.